The van der Waals surface area contributed by atoms with Gasteiger partial charge in [0, 0.05) is 69.7 Å². The summed E-state index contributed by atoms with van der Waals surface area (Å²) < 4.78 is 1.90. The van der Waals surface area contributed by atoms with Crippen molar-refractivity contribution in [2.45, 2.75) is 51.1 Å². The highest BCUT2D eigenvalue weighted by molar-refractivity contribution is 5.79. The molecule has 8 nitrogen and oxygen atoms in total. The molecule has 1 aliphatic heterocycles. The third-order valence-corrected chi connectivity index (χ3v) is 6.69. The molecule has 0 N–H and O–H groups in total. The smallest absolute Gasteiger partial charge is 0.175 e. The molecule has 1 aliphatic carbocycles. The van der Waals surface area contributed by atoms with E-state index in [-0.39, 0.29) is 18.5 Å². The number of piperazine rings is 1. The Morgan fingerprint density at radius 1 is 1.33 bits per heavy atom. The number of nitriles is 1. The zero-order chi connectivity index (χ0) is 23.5. The SMILES string of the molecule is CC(c1ccc(C2CC2)nc1)N1CCN(/C(=C/C=O)c2nc(CC#N)cn2N(C)C)C(C)C1. The zero-order valence-electron chi connectivity index (χ0n) is 20.0. The lowest BCUT2D eigenvalue weighted by molar-refractivity contribution is -0.104. The minimum absolute atomic E-state index is 0.192. The molecular weight excluding hydrogens is 414 g/mol. The predicted octanol–water partition coefficient (Wildman–Crippen LogP) is 2.73. The van der Waals surface area contributed by atoms with Crippen LogP contribution in [-0.4, -0.2) is 70.5 Å². The maximum Gasteiger partial charge on any atom is 0.175 e. The van der Waals surface area contributed by atoms with Gasteiger partial charge in [0.05, 0.1) is 30.1 Å². The minimum atomic E-state index is 0.192. The first-order chi connectivity index (χ1) is 15.9. The van der Waals surface area contributed by atoms with Crippen molar-refractivity contribution in [2.75, 3.05) is 38.7 Å². The van der Waals surface area contributed by atoms with Crippen molar-refractivity contribution in [3.63, 3.8) is 0 Å². The number of aldehydes is 1. The number of carbonyl (C=O) groups excluding carboxylic acids is 1. The molecule has 2 fully saturated rings. The van der Waals surface area contributed by atoms with Gasteiger partial charge < -0.3 is 9.91 Å². The van der Waals surface area contributed by atoms with Crippen LogP contribution in [0.1, 0.15) is 61.4 Å². The number of carbonyl (C=O) groups is 1. The molecule has 2 aromatic heterocycles. The molecule has 0 aromatic carbocycles. The number of imidazole rings is 1. The van der Waals surface area contributed by atoms with Crippen LogP contribution in [0, 0.1) is 11.3 Å². The van der Waals surface area contributed by atoms with Crippen molar-refractivity contribution in [1.82, 2.24) is 24.4 Å². The average Bonchev–Trinajstić information content (AvgIpc) is 3.57. The Morgan fingerprint density at radius 2 is 2.12 bits per heavy atom. The molecule has 0 bridgehead atoms. The Bertz CT molecular complexity index is 1050. The van der Waals surface area contributed by atoms with E-state index in [1.807, 2.05) is 36.2 Å². The minimum Gasteiger partial charge on any atom is -0.363 e. The molecule has 2 aromatic rings. The summed E-state index contributed by atoms with van der Waals surface area (Å²) >= 11 is 0. The van der Waals surface area contributed by atoms with Gasteiger partial charge in [0.15, 0.2) is 5.82 Å². The summed E-state index contributed by atoms with van der Waals surface area (Å²) in [6.07, 6.45) is 9.08. The molecule has 1 saturated carbocycles. The van der Waals surface area contributed by atoms with Crippen LogP contribution < -0.4 is 5.01 Å². The van der Waals surface area contributed by atoms with Crippen LogP contribution in [0.4, 0.5) is 0 Å². The van der Waals surface area contributed by atoms with E-state index in [4.69, 9.17) is 10.2 Å². The quantitative estimate of drug-likeness (QED) is 0.455. The molecule has 2 atom stereocenters. The van der Waals surface area contributed by atoms with Crippen LogP contribution in [0.15, 0.2) is 30.6 Å². The Labute approximate surface area is 196 Å². The zero-order valence-corrected chi connectivity index (χ0v) is 20.0. The largest absolute Gasteiger partial charge is 0.363 e. The van der Waals surface area contributed by atoms with Gasteiger partial charge in [-0.3, -0.25) is 14.7 Å². The standard InChI is InChI=1S/C25H33N7O/c1-18-16-30(19(2)21-7-8-23(27-15-21)20-5-6-20)12-13-31(18)24(10-14-33)25-28-22(9-11-26)17-32(25)29(3)4/h7-8,10,14-15,17-20H,5-6,9,12-13,16H2,1-4H3/b24-10+. The van der Waals surface area contributed by atoms with Crippen molar-refractivity contribution in [3.05, 3.63) is 53.4 Å². The van der Waals surface area contributed by atoms with E-state index in [9.17, 15) is 4.79 Å². The van der Waals surface area contributed by atoms with Gasteiger partial charge in [-0.2, -0.15) is 5.26 Å². The molecule has 0 amide bonds. The van der Waals surface area contributed by atoms with E-state index < -0.39 is 0 Å². The second-order valence-corrected chi connectivity index (χ2v) is 9.27. The molecule has 0 spiro atoms. The van der Waals surface area contributed by atoms with Crippen molar-refractivity contribution in [1.29, 1.82) is 5.26 Å². The van der Waals surface area contributed by atoms with E-state index in [1.54, 1.807) is 6.08 Å². The number of hydrogen-bond acceptors (Lipinski definition) is 7. The maximum absolute atomic E-state index is 11.6. The summed E-state index contributed by atoms with van der Waals surface area (Å²) in [6, 6.07) is 7.05. The monoisotopic (exact) mass is 447 g/mol. The molecule has 8 heteroatoms. The fourth-order valence-corrected chi connectivity index (χ4v) is 4.62. The molecule has 174 valence electrons. The van der Waals surface area contributed by atoms with Crippen molar-refractivity contribution in [2.24, 2.45) is 0 Å². The van der Waals surface area contributed by atoms with E-state index in [0.29, 0.717) is 17.4 Å². The number of nitrogens with zero attached hydrogens (tertiary/aromatic N) is 7. The molecule has 2 aliphatic rings. The van der Waals surface area contributed by atoms with Crippen molar-refractivity contribution >= 4 is 12.0 Å². The molecule has 0 radical (unpaired) electrons. The molecule has 33 heavy (non-hydrogen) atoms. The van der Waals surface area contributed by atoms with Gasteiger partial charge in [0.25, 0.3) is 0 Å². The van der Waals surface area contributed by atoms with Crippen LogP contribution in [0.2, 0.25) is 0 Å². The Hall–Kier alpha value is -3.18. The highest BCUT2D eigenvalue weighted by Crippen LogP contribution is 2.39. The van der Waals surface area contributed by atoms with E-state index in [0.717, 1.165) is 31.6 Å². The number of allylic oxidation sites excluding steroid dienone is 1. The highest BCUT2D eigenvalue weighted by Gasteiger charge is 2.31. The highest BCUT2D eigenvalue weighted by atomic mass is 16.1. The molecule has 4 rings (SSSR count). The third kappa shape index (κ3) is 4.93. The molecule has 1 saturated heterocycles. The number of rotatable bonds is 8. The van der Waals surface area contributed by atoms with Gasteiger partial charge in [-0.25, -0.2) is 9.66 Å². The lowest BCUT2D eigenvalue weighted by atomic mass is 10.0. The average molecular weight is 448 g/mol. The number of hydrogen-bond donors (Lipinski definition) is 0. The Balaban J connectivity index is 1.51. The summed E-state index contributed by atoms with van der Waals surface area (Å²) in [5.74, 6) is 1.36. The van der Waals surface area contributed by atoms with Crippen LogP contribution in [-0.2, 0) is 11.2 Å². The van der Waals surface area contributed by atoms with Gasteiger partial charge in [0.1, 0.15) is 6.29 Å². The third-order valence-electron chi connectivity index (χ3n) is 6.69. The molecular formula is C25H33N7O. The van der Waals surface area contributed by atoms with Crippen molar-refractivity contribution in [3.8, 4) is 6.07 Å². The molecule has 2 unspecified atom stereocenters. The van der Waals surface area contributed by atoms with Crippen molar-refractivity contribution < 1.29 is 4.79 Å². The summed E-state index contributed by atoms with van der Waals surface area (Å²) in [6.45, 7) is 6.96. The van der Waals surface area contributed by atoms with Gasteiger partial charge >= 0.3 is 0 Å². The number of pyridine rings is 1. The Morgan fingerprint density at radius 3 is 2.70 bits per heavy atom. The van der Waals surface area contributed by atoms with Gasteiger partial charge in [-0.1, -0.05) is 6.07 Å². The lowest BCUT2D eigenvalue weighted by Gasteiger charge is -2.44. The summed E-state index contributed by atoms with van der Waals surface area (Å²) in [7, 11) is 3.84. The first-order valence-corrected chi connectivity index (χ1v) is 11.7. The summed E-state index contributed by atoms with van der Waals surface area (Å²) in [5.41, 5.74) is 3.95. The second kappa shape index (κ2) is 9.75. The van der Waals surface area contributed by atoms with Crippen LogP contribution >= 0.6 is 0 Å². The normalized spacial score (nSPS) is 20.4. The first-order valence-electron chi connectivity index (χ1n) is 11.7. The topological polar surface area (TPSA) is 81.3 Å². The second-order valence-electron chi connectivity index (χ2n) is 9.27. The van der Waals surface area contributed by atoms with Gasteiger partial charge in [-0.15, -0.1) is 0 Å². The number of aromatic nitrogens is 3. The van der Waals surface area contributed by atoms with E-state index in [1.165, 1.54) is 24.1 Å². The first kappa shape index (κ1) is 23.0. The summed E-state index contributed by atoms with van der Waals surface area (Å²) in [5, 5.41) is 11.0. The van der Waals surface area contributed by atoms with E-state index >= 15 is 0 Å². The summed E-state index contributed by atoms with van der Waals surface area (Å²) in [4.78, 5) is 25.7. The molecule has 3 heterocycles. The van der Waals surface area contributed by atoms with E-state index in [2.05, 4.69) is 46.8 Å². The van der Waals surface area contributed by atoms with Crippen LogP contribution in [0.5, 0.6) is 0 Å². The van der Waals surface area contributed by atoms with Crippen LogP contribution in [0.3, 0.4) is 0 Å². The Kier molecular flexibility index (Phi) is 6.80. The lowest BCUT2D eigenvalue weighted by Crippen LogP contribution is -2.51. The fraction of sp³-hybridized carbons (Fsp3) is 0.520. The fourth-order valence-electron chi connectivity index (χ4n) is 4.62. The van der Waals surface area contributed by atoms with Gasteiger partial charge in [0.2, 0.25) is 0 Å². The predicted molar refractivity (Wildman–Crippen MR) is 128 cm³/mol. The van der Waals surface area contributed by atoms with Crippen LogP contribution in [0.25, 0.3) is 5.70 Å². The maximum atomic E-state index is 11.6. The van der Waals surface area contributed by atoms with Gasteiger partial charge in [-0.05, 0) is 38.3 Å².